The fraction of sp³-hybridized carbons (Fsp3) is 1.00. The first-order valence-electron chi connectivity index (χ1n) is 14.2. The van der Waals surface area contributed by atoms with Gasteiger partial charge in [-0.2, -0.15) is 0 Å². The minimum atomic E-state index is -0.420. The molecule has 5 rings (SSSR count). The van der Waals surface area contributed by atoms with Crippen molar-refractivity contribution in [3.05, 3.63) is 0 Å². The van der Waals surface area contributed by atoms with Gasteiger partial charge in [0.25, 0.3) is 0 Å². The van der Waals surface area contributed by atoms with Crippen molar-refractivity contribution in [2.45, 2.75) is 117 Å². The van der Waals surface area contributed by atoms with E-state index in [1.165, 1.54) is 44.9 Å². The molecule has 5 aliphatic rings. The van der Waals surface area contributed by atoms with Gasteiger partial charge in [0, 0.05) is 12.3 Å². The average Bonchev–Trinajstić information content (AvgIpc) is 3.34. The van der Waals surface area contributed by atoms with Gasteiger partial charge in [0.2, 0.25) is 0 Å². The molecule has 3 heteroatoms. The Morgan fingerprint density at radius 1 is 0.875 bits per heavy atom. The molecule has 1 N–H and O–H groups in total. The van der Waals surface area contributed by atoms with Crippen LogP contribution in [0.4, 0.5) is 0 Å². The molecule has 0 aromatic rings. The second-order valence-corrected chi connectivity index (χ2v) is 13.6. The molecule has 5 fully saturated rings. The van der Waals surface area contributed by atoms with E-state index in [0.717, 1.165) is 74.4 Å². The largest absolute Gasteiger partial charge is 0.393 e. The average molecular weight is 447 g/mol. The Morgan fingerprint density at radius 2 is 1.56 bits per heavy atom. The molecule has 184 valence electrons. The first kappa shape index (κ1) is 23.6. The first-order valence-corrected chi connectivity index (χ1v) is 14.2. The summed E-state index contributed by atoms with van der Waals surface area (Å²) in [5.41, 5.74) is 0.754. The highest BCUT2D eigenvalue weighted by Gasteiger charge is 2.67. The van der Waals surface area contributed by atoms with Crippen molar-refractivity contribution in [1.29, 1.82) is 0 Å². The number of hydrogen-bond acceptors (Lipinski definition) is 3. The van der Waals surface area contributed by atoms with Crippen LogP contribution in [0, 0.1) is 52.3 Å². The van der Waals surface area contributed by atoms with Gasteiger partial charge in [-0.05, 0) is 91.3 Å². The lowest BCUT2D eigenvalue weighted by Crippen LogP contribution is -2.63. The summed E-state index contributed by atoms with van der Waals surface area (Å²) in [6, 6.07) is 0. The third kappa shape index (κ3) is 3.63. The second kappa shape index (κ2) is 8.52. The van der Waals surface area contributed by atoms with E-state index in [4.69, 9.17) is 9.47 Å². The first-order chi connectivity index (χ1) is 15.2. The van der Waals surface area contributed by atoms with Crippen LogP contribution >= 0.6 is 0 Å². The highest BCUT2D eigenvalue weighted by Crippen LogP contribution is 2.70. The molecule has 4 aliphatic carbocycles. The number of fused-ring (bicyclic) bond motifs is 6. The van der Waals surface area contributed by atoms with Crippen molar-refractivity contribution >= 4 is 0 Å². The molecular formula is C29H50O3. The van der Waals surface area contributed by atoms with Gasteiger partial charge in [-0.3, -0.25) is 0 Å². The van der Waals surface area contributed by atoms with E-state index in [-0.39, 0.29) is 11.5 Å². The lowest BCUT2D eigenvalue weighted by atomic mass is 9.43. The number of aliphatic hydroxyl groups excluding tert-OH is 1. The van der Waals surface area contributed by atoms with Crippen molar-refractivity contribution in [1.82, 2.24) is 0 Å². The van der Waals surface area contributed by atoms with Gasteiger partial charge in [0.05, 0.1) is 19.3 Å². The molecule has 0 bridgehead atoms. The van der Waals surface area contributed by atoms with Crippen LogP contribution in [-0.2, 0) is 9.47 Å². The van der Waals surface area contributed by atoms with Crippen LogP contribution in [0.25, 0.3) is 0 Å². The van der Waals surface area contributed by atoms with Crippen molar-refractivity contribution < 1.29 is 14.6 Å². The Kier molecular flexibility index (Phi) is 6.29. The van der Waals surface area contributed by atoms with E-state index >= 15 is 0 Å². The minimum Gasteiger partial charge on any atom is -0.393 e. The normalized spacial score (nSPS) is 48.5. The summed E-state index contributed by atoms with van der Waals surface area (Å²) in [7, 11) is 0. The Hall–Kier alpha value is -0.120. The van der Waals surface area contributed by atoms with Crippen molar-refractivity contribution in [2.24, 2.45) is 52.3 Å². The number of ether oxygens (including phenoxy) is 2. The maximum Gasteiger partial charge on any atom is 0.172 e. The molecule has 4 saturated carbocycles. The molecule has 1 heterocycles. The predicted octanol–water partition coefficient (Wildman–Crippen LogP) is 6.82. The van der Waals surface area contributed by atoms with E-state index < -0.39 is 5.79 Å². The number of rotatable bonds is 5. The Labute approximate surface area is 197 Å². The van der Waals surface area contributed by atoms with Crippen LogP contribution in [0.15, 0.2) is 0 Å². The Morgan fingerprint density at radius 3 is 2.28 bits per heavy atom. The summed E-state index contributed by atoms with van der Waals surface area (Å²) < 4.78 is 13.0. The van der Waals surface area contributed by atoms with Crippen LogP contribution in [-0.4, -0.2) is 30.2 Å². The van der Waals surface area contributed by atoms with E-state index in [0.29, 0.717) is 11.3 Å². The van der Waals surface area contributed by atoms with Gasteiger partial charge >= 0.3 is 0 Å². The van der Waals surface area contributed by atoms with Gasteiger partial charge in [0.1, 0.15) is 0 Å². The molecule has 0 unspecified atom stereocenters. The zero-order valence-corrected chi connectivity index (χ0v) is 21.6. The predicted molar refractivity (Wildman–Crippen MR) is 129 cm³/mol. The smallest absolute Gasteiger partial charge is 0.172 e. The summed E-state index contributed by atoms with van der Waals surface area (Å²) in [4.78, 5) is 0. The highest BCUT2D eigenvalue weighted by atomic mass is 16.7. The quantitative estimate of drug-likeness (QED) is 0.503. The van der Waals surface area contributed by atoms with Gasteiger partial charge in [-0.1, -0.05) is 53.9 Å². The van der Waals surface area contributed by atoms with Crippen LogP contribution in [0.2, 0.25) is 0 Å². The topological polar surface area (TPSA) is 38.7 Å². The third-order valence-electron chi connectivity index (χ3n) is 11.6. The van der Waals surface area contributed by atoms with E-state index in [1.54, 1.807) is 0 Å². The zero-order valence-electron chi connectivity index (χ0n) is 21.6. The van der Waals surface area contributed by atoms with Gasteiger partial charge in [-0.25, -0.2) is 0 Å². The maximum absolute atomic E-state index is 10.6. The zero-order chi connectivity index (χ0) is 22.7. The minimum absolute atomic E-state index is 0.175. The molecule has 0 aromatic carbocycles. The molecule has 1 aliphatic heterocycles. The maximum atomic E-state index is 10.6. The van der Waals surface area contributed by atoms with Gasteiger partial charge in [-0.15, -0.1) is 0 Å². The Balaban J connectivity index is 1.39. The third-order valence-corrected chi connectivity index (χ3v) is 11.6. The fourth-order valence-electron chi connectivity index (χ4n) is 10.1. The molecular weight excluding hydrogens is 396 g/mol. The molecule has 0 amide bonds. The van der Waals surface area contributed by atoms with Crippen LogP contribution in [0.3, 0.4) is 0 Å². The SMILES string of the molecule is CC(C)CCC[C@H](C)[C@@H]1CC[C@@H]2[C@H]3CC4(OCCO4)[C@H]4C[C@@H](O)CC[C@]4(C)[C@@H]3CC[C@]21C. The number of aliphatic hydroxyl groups is 1. The molecule has 32 heavy (non-hydrogen) atoms. The molecule has 0 aromatic heterocycles. The molecule has 3 nitrogen and oxygen atoms in total. The summed E-state index contributed by atoms with van der Waals surface area (Å²) in [5.74, 6) is 4.86. The van der Waals surface area contributed by atoms with Crippen molar-refractivity contribution in [3.8, 4) is 0 Å². The summed E-state index contributed by atoms with van der Waals surface area (Å²) in [6.07, 6.45) is 13.7. The van der Waals surface area contributed by atoms with Crippen molar-refractivity contribution in [2.75, 3.05) is 13.2 Å². The van der Waals surface area contributed by atoms with Crippen LogP contribution in [0.5, 0.6) is 0 Å². The standard InChI is InChI=1S/C29H50O3/c1-19(2)7-6-8-20(3)23-9-10-24-22-18-29(31-15-16-32-29)26-17-21(30)11-13-28(26,5)25(22)12-14-27(23,24)4/h19-26,30H,6-18H2,1-5H3/t20-,21-,22+,23-,24+,25+,26-,27-,28+/m0/s1. The lowest BCUT2D eigenvalue weighted by molar-refractivity contribution is -0.298. The summed E-state index contributed by atoms with van der Waals surface area (Å²) >= 11 is 0. The molecule has 9 atom stereocenters. The monoisotopic (exact) mass is 446 g/mol. The molecule has 1 spiro atoms. The summed E-state index contributed by atoms with van der Waals surface area (Å²) in [5, 5.41) is 10.6. The summed E-state index contributed by atoms with van der Waals surface area (Å²) in [6.45, 7) is 14.0. The fourth-order valence-corrected chi connectivity index (χ4v) is 10.1. The van der Waals surface area contributed by atoms with Crippen LogP contribution < -0.4 is 0 Å². The molecule has 0 radical (unpaired) electrons. The van der Waals surface area contributed by atoms with Crippen LogP contribution in [0.1, 0.15) is 105 Å². The van der Waals surface area contributed by atoms with Crippen molar-refractivity contribution in [3.63, 3.8) is 0 Å². The second-order valence-electron chi connectivity index (χ2n) is 13.6. The van der Waals surface area contributed by atoms with E-state index in [9.17, 15) is 5.11 Å². The number of hydrogen-bond donors (Lipinski definition) is 1. The van der Waals surface area contributed by atoms with Gasteiger partial charge < -0.3 is 14.6 Å². The Bertz CT molecular complexity index is 669. The highest BCUT2D eigenvalue weighted by molar-refractivity contribution is 5.14. The van der Waals surface area contributed by atoms with E-state index in [2.05, 4.69) is 34.6 Å². The lowest BCUT2D eigenvalue weighted by Gasteiger charge is -2.65. The molecule has 1 saturated heterocycles. The van der Waals surface area contributed by atoms with E-state index in [1.807, 2.05) is 0 Å². The van der Waals surface area contributed by atoms with Gasteiger partial charge in [0.15, 0.2) is 5.79 Å².